The molecular formula is C19H33N5O. The fourth-order valence-electron chi connectivity index (χ4n) is 2.34. The molecule has 1 aromatic rings. The topological polar surface area (TPSA) is 68.8 Å². The van der Waals surface area contributed by atoms with Crippen molar-refractivity contribution in [3.8, 4) is 0 Å². The molecule has 0 heterocycles. The molecule has 0 unspecified atom stereocenters. The van der Waals surface area contributed by atoms with Crippen molar-refractivity contribution in [2.75, 3.05) is 38.6 Å². The van der Waals surface area contributed by atoms with Gasteiger partial charge in [-0.05, 0) is 45.7 Å². The van der Waals surface area contributed by atoms with E-state index in [9.17, 15) is 4.79 Å². The highest BCUT2D eigenvalue weighted by Crippen LogP contribution is 2.11. The van der Waals surface area contributed by atoms with Gasteiger partial charge in [0.2, 0.25) is 5.91 Å². The van der Waals surface area contributed by atoms with E-state index in [1.165, 1.54) is 5.69 Å². The van der Waals surface area contributed by atoms with Crippen LogP contribution in [0.1, 0.15) is 33.6 Å². The van der Waals surface area contributed by atoms with Gasteiger partial charge in [0.05, 0.1) is 6.54 Å². The van der Waals surface area contributed by atoms with E-state index in [4.69, 9.17) is 0 Å². The van der Waals surface area contributed by atoms with Crippen molar-refractivity contribution < 1.29 is 4.79 Å². The third-order valence-corrected chi connectivity index (χ3v) is 3.56. The summed E-state index contributed by atoms with van der Waals surface area (Å²) in [6.07, 6.45) is 2.12. The van der Waals surface area contributed by atoms with E-state index < -0.39 is 0 Å². The Morgan fingerprint density at radius 1 is 1.12 bits per heavy atom. The Kier molecular flexibility index (Phi) is 8.81. The molecule has 6 nitrogen and oxygen atoms in total. The summed E-state index contributed by atoms with van der Waals surface area (Å²) in [5.74, 6) is 0.611. The number of guanidine groups is 1. The van der Waals surface area contributed by atoms with Crippen molar-refractivity contribution in [3.63, 3.8) is 0 Å². The Labute approximate surface area is 152 Å². The maximum Gasteiger partial charge on any atom is 0.239 e. The van der Waals surface area contributed by atoms with Gasteiger partial charge in [-0.15, -0.1) is 0 Å². The lowest BCUT2D eigenvalue weighted by Crippen LogP contribution is -2.48. The first kappa shape index (κ1) is 20.8. The average molecular weight is 348 g/mol. The second-order valence-electron chi connectivity index (χ2n) is 7.11. The van der Waals surface area contributed by atoms with Crippen LogP contribution in [0, 0.1) is 0 Å². The number of nitrogens with zero attached hydrogens (tertiary/aromatic N) is 2. The van der Waals surface area contributed by atoms with E-state index >= 15 is 0 Å². The highest BCUT2D eigenvalue weighted by molar-refractivity contribution is 5.86. The van der Waals surface area contributed by atoms with Gasteiger partial charge in [-0.25, -0.2) is 0 Å². The molecule has 140 valence electrons. The van der Waals surface area contributed by atoms with Gasteiger partial charge in [0.1, 0.15) is 0 Å². The van der Waals surface area contributed by atoms with Crippen molar-refractivity contribution >= 4 is 17.6 Å². The second kappa shape index (κ2) is 10.6. The van der Waals surface area contributed by atoms with Gasteiger partial charge in [-0.1, -0.05) is 18.2 Å². The molecule has 1 aromatic carbocycles. The number of carbonyl (C=O) groups is 1. The molecule has 0 saturated carbocycles. The summed E-state index contributed by atoms with van der Waals surface area (Å²) in [6, 6.07) is 10.4. The summed E-state index contributed by atoms with van der Waals surface area (Å²) in [6.45, 7) is 7.93. The van der Waals surface area contributed by atoms with E-state index in [-0.39, 0.29) is 18.0 Å². The number of amides is 1. The van der Waals surface area contributed by atoms with Crippen LogP contribution < -0.4 is 20.9 Å². The maximum atomic E-state index is 11.8. The van der Waals surface area contributed by atoms with Crippen LogP contribution in [-0.2, 0) is 4.79 Å². The van der Waals surface area contributed by atoms with Gasteiger partial charge in [0.25, 0.3) is 0 Å². The number of anilines is 1. The first-order valence-electron chi connectivity index (χ1n) is 8.83. The summed E-state index contributed by atoms with van der Waals surface area (Å²) in [7, 11) is 3.82. The van der Waals surface area contributed by atoms with Gasteiger partial charge < -0.3 is 20.9 Å². The molecule has 0 radical (unpaired) electrons. The standard InChI is InChI=1S/C19H33N5O/c1-19(2,3)23-17(25)15-22-18(20-4)21-13-9-10-14-24(5)16-11-7-6-8-12-16/h6-8,11-12H,9-10,13-15H2,1-5H3,(H,23,25)(H2,20,21,22). The second-order valence-corrected chi connectivity index (χ2v) is 7.11. The van der Waals surface area contributed by atoms with Crippen LogP contribution in [0.3, 0.4) is 0 Å². The van der Waals surface area contributed by atoms with E-state index in [2.05, 4.69) is 57.2 Å². The zero-order valence-electron chi connectivity index (χ0n) is 16.2. The number of rotatable bonds is 8. The Hall–Kier alpha value is -2.24. The van der Waals surface area contributed by atoms with Gasteiger partial charge in [0, 0.05) is 38.4 Å². The van der Waals surface area contributed by atoms with Gasteiger partial charge in [-0.2, -0.15) is 0 Å². The van der Waals surface area contributed by atoms with Gasteiger partial charge >= 0.3 is 0 Å². The first-order chi connectivity index (χ1) is 11.8. The highest BCUT2D eigenvalue weighted by atomic mass is 16.2. The molecule has 3 N–H and O–H groups in total. The van der Waals surface area contributed by atoms with Crippen LogP contribution in [0.4, 0.5) is 5.69 Å². The molecule has 0 aliphatic rings. The number of benzene rings is 1. The maximum absolute atomic E-state index is 11.8. The Morgan fingerprint density at radius 2 is 1.80 bits per heavy atom. The minimum Gasteiger partial charge on any atom is -0.375 e. The monoisotopic (exact) mass is 347 g/mol. The third-order valence-electron chi connectivity index (χ3n) is 3.56. The molecule has 25 heavy (non-hydrogen) atoms. The lowest BCUT2D eigenvalue weighted by Gasteiger charge is -2.21. The van der Waals surface area contributed by atoms with Gasteiger partial charge in [-0.3, -0.25) is 9.79 Å². The molecule has 0 atom stereocenters. The number of aliphatic imine (C=N–C) groups is 1. The molecule has 1 amide bonds. The Balaban J connectivity index is 2.18. The molecule has 0 spiro atoms. The fourth-order valence-corrected chi connectivity index (χ4v) is 2.34. The molecule has 0 bridgehead atoms. The van der Waals surface area contributed by atoms with Crippen LogP contribution in [0.15, 0.2) is 35.3 Å². The molecule has 0 saturated heterocycles. The van der Waals surface area contributed by atoms with Crippen molar-refractivity contribution in [2.45, 2.75) is 39.2 Å². The molecule has 0 aromatic heterocycles. The molecule has 0 aliphatic carbocycles. The zero-order valence-corrected chi connectivity index (χ0v) is 16.2. The molecule has 6 heteroatoms. The largest absolute Gasteiger partial charge is 0.375 e. The third kappa shape index (κ3) is 9.59. The molecule has 1 rings (SSSR count). The predicted octanol–water partition coefficient (Wildman–Crippen LogP) is 1.98. The van der Waals surface area contributed by atoms with E-state index in [1.807, 2.05) is 26.8 Å². The summed E-state index contributed by atoms with van der Waals surface area (Å²) >= 11 is 0. The van der Waals surface area contributed by atoms with Crippen LogP contribution in [0.2, 0.25) is 0 Å². The van der Waals surface area contributed by atoms with E-state index in [1.54, 1.807) is 7.05 Å². The van der Waals surface area contributed by atoms with Crippen molar-refractivity contribution in [1.29, 1.82) is 0 Å². The van der Waals surface area contributed by atoms with E-state index in [0.717, 1.165) is 25.9 Å². The minimum absolute atomic E-state index is 0.0417. The molecule has 0 fully saturated rings. The Bertz CT molecular complexity index is 536. The summed E-state index contributed by atoms with van der Waals surface area (Å²) < 4.78 is 0. The number of para-hydroxylation sites is 1. The average Bonchev–Trinajstić information content (AvgIpc) is 2.56. The van der Waals surface area contributed by atoms with Crippen LogP contribution in [-0.4, -0.2) is 51.1 Å². The van der Waals surface area contributed by atoms with Crippen LogP contribution in [0.5, 0.6) is 0 Å². The van der Waals surface area contributed by atoms with E-state index in [0.29, 0.717) is 5.96 Å². The van der Waals surface area contributed by atoms with Gasteiger partial charge in [0.15, 0.2) is 5.96 Å². The van der Waals surface area contributed by atoms with Crippen LogP contribution in [0.25, 0.3) is 0 Å². The van der Waals surface area contributed by atoms with Crippen molar-refractivity contribution in [2.24, 2.45) is 4.99 Å². The van der Waals surface area contributed by atoms with Crippen LogP contribution >= 0.6 is 0 Å². The SMILES string of the molecule is CN=C(NCCCCN(C)c1ccccc1)NCC(=O)NC(C)(C)C. The van der Waals surface area contributed by atoms with Crippen molar-refractivity contribution in [3.05, 3.63) is 30.3 Å². The lowest BCUT2D eigenvalue weighted by atomic mass is 10.1. The number of unbranched alkanes of at least 4 members (excludes halogenated alkanes) is 1. The van der Waals surface area contributed by atoms with Crippen molar-refractivity contribution in [1.82, 2.24) is 16.0 Å². The molecular weight excluding hydrogens is 314 g/mol. The first-order valence-corrected chi connectivity index (χ1v) is 8.83. The minimum atomic E-state index is -0.222. The number of carbonyl (C=O) groups excluding carboxylic acids is 1. The smallest absolute Gasteiger partial charge is 0.239 e. The summed E-state index contributed by atoms with van der Waals surface area (Å²) in [5, 5.41) is 9.19. The summed E-state index contributed by atoms with van der Waals surface area (Å²) in [4.78, 5) is 18.2. The molecule has 0 aliphatic heterocycles. The number of hydrogen-bond acceptors (Lipinski definition) is 3. The summed E-state index contributed by atoms with van der Waals surface area (Å²) in [5.41, 5.74) is 1.01. The zero-order chi connectivity index (χ0) is 18.7. The lowest BCUT2D eigenvalue weighted by molar-refractivity contribution is -0.121. The number of hydrogen-bond donors (Lipinski definition) is 3. The quantitative estimate of drug-likeness (QED) is 0.382. The highest BCUT2D eigenvalue weighted by Gasteiger charge is 2.13. The normalized spacial score (nSPS) is 11.8. The Morgan fingerprint density at radius 3 is 2.40 bits per heavy atom. The fraction of sp³-hybridized carbons (Fsp3) is 0.579. The predicted molar refractivity (Wildman–Crippen MR) is 106 cm³/mol. The number of nitrogens with one attached hydrogen (secondary N) is 3.